The molecule has 0 saturated heterocycles. The van der Waals surface area contributed by atoms with Crippen molar-refractivity contribution in [1.29, 1.82) is 0 Å². The maximum atomic E-state index is 5.00. The summed E-state index contributed by atoms with van der Waals surface area (Å²) in [5, 5.41) is 0. The average molecular weight is 521 g/mol. The first-order valence-electron chi connectivity index (χ1n) is 5.30. The zero-order valence-corrected chi connectivity index (χ0v) is 17.4. The quantitative estimate of drug-likeness (QED) is 0.291. The topological polar surface area (TPSA) is 0 Å². The van der Waals surface area contributed by atoms with E-state index in [0.717, 1.165) is 15.4 Å². The molecule has 99 valence electrons. The van der Waals surface area contributed by atoms with Gasteiger partial charge >= 0.3 is 43.7 Å². The SMILES string of the molecule is Brc1[c-]c2c(cc1)-c1ccc(Br)cc1C2.[Cl][Zr]([Cl])[Cl]. The summed E-state index contributed by atoms with van der Waals surface area (Å²) in [6.07, 6.45) is 0.990. The Morgan fingerprint density at radius 1 is 1.00 bits per heavy atom. The first kappa shape index (κ1) is 16.5. The Hall–Kier alpha value is 1.15. The molecular weight excluding hydrogens is 514 g/mol. The fraction of sp³-hybridized carbons (Fsp3) is 0.0769. The van der Waals surface area contributed by atoms with Crippen molar-refractivity contribution in [3.05, 3.63) is 56.5 Å². The summed E-state index contributed by atoms with van der Waals surface area (Å²) in [5.41, 5.74) is 5.34. The molecular formula is C13H7Br2Cl3Zr-. The average Bonchev–Trinajstić information content (AvgIpc) is 2.64. The Balaban J connectivity index is 0.000000297. The molecule has 0 radical (unpaired) electrons. The van der Waals surface area contributed by atoms with Gasteiger partial charge in [-0.15, -0.1) is 11.1 Å². The monoisotopic (exact) mass is 516 g/mol. The van der Waals surface area contributed by atoms with Gasteiger partial charge in [0, 0.05) is 4.47 Å². The molecule has 2 aromatic rings. The molecule has 0 nitrogen and oxygen atoms in total. The van der Waals surface area contributed by atoms with Crippen LogP contribution < -0.4 is 0 Å². The molecule has 0 amide bonds. The Labute approximate surface area is 148 Å². The zero-order chi connectivity index (χ0) is 14.0. The van der Waals surface area contributed by atoms with Gasteiger partial charge in [0.1, 0.15) is 0 Å². The number of rotatable bonds is 0. The summed E-state index contributed by atoms with van der Waals surface area (Å²) in [7, 11) is 15.0. The Morgan fingerprint density at radius 2 is 1.63 bits per heavy atom. The third-order valence-electron chi connectivity index (χ3n) is 2.72. The van der Waals surface area contributed by atoms with Crippen LogP contribution in [0, 0.1) is 6.07 Å². The maximum absolute atomic E-state index is 5.00. The summed E-state index contributed by atoms with van der Waals surface area (Å²) in [6, 6.07) is 14.0. The van der Waals surface area contributed by atoms with Crippen molar-refractivity contribution in [2.75, 3.05) is 0 Å². The van der Waals surface area contributed by atoms with Gasteiger partial charge in [-0.2, -0.15) is 18.2 Å². The summed E-state index contributed by atoms with van der Waals surface area (Å²) in [4.78, 5) is 0. The summed E-state index contributed by atoms with van der Waals surface area (Å²) >= 11 is 4.84. The van der Waals surface area contributed by atoms with Gasteiger partial charge in [-0.3, -0.25) is 0 Å². The minimum absolute atomic E-state index is 0.990. The van der Waals surface area contributed by atoms with Crippen LogP contribution in [0.25, 0.3) is 11.1 Å². The van der Waals surface area contributed by atoms with Gasteiger partial charge in [-0.1, -0.05) is 48.0 Å². The molecule has 2 aromatic carbocycles. The van der Waals surface area contributed by atoms with Crippen molar-refractivity contribution >= 4 is 57.4 Å². The van der Waals surface area contributed by atoms with Crippen LogP contribution in [-0.2, 0) is 24.6 Å². The Morgan fingerprint density at radius 3 is 2.32 bits per heavy atom. The van der Waals surface area contributed by atoms with Crippen molar-refractivity contribution in [3.63, 3.8) is 0 Å². The molecule has 0 atom stereocenters. The molecule has 0 N–H and O–H groups in total. The van der Waals surface area contributed by atoms with Crippen LogP contribution in [-0.4, -0.2) is 0 Å². The molecule has 1 aliphatic rings. The van der Waals surface area contributed by atoms with Crippen LogP contribution in [0.2, 0.25) is 0 Å². The van der Waals surface area contributed by atoms with Crippen LogP contribution >= 0.6 is 57.4 Å². The van der Waals surface area contributed by atoms with E-state index in [1.54, 1.807) is 0 Å². The second-order valence-corrected chi connectivity index (χ2v) is 16.9. The number of fused-ring (bicyclic) bond motifs is 3. The summed E-state index contributed by atoms with van der Waals surface area (Å²) in [6.45, 7) is 0. The minimum atomic E-state index is -2.13. The van der Waals surface area contributed by atoms with E-state index in [1.807, 2.05) is 0 Å². The van der Waals surface area contributed by atoms with Crippen molar-refractivity contribution < 1.29 is 18.2 Å². The molecule has 0 fully saturated rings. The zero-order valence-electron chi connectivity index (χ0n) is 9.48. The van der Waals surface area contributed by atoms with Gasteiger partial charge in [0.25, 0.3) is 0 Å². The van der Waals surface area contributed by atoms with Gasteiger partial charge in [0.2, 0.25) is 0 Å². The molecule has 0 aliphatic heterocycles. The molecule has 1 aliphatic carbocycles. The second kappa shape index (κ2) is 7.43. The fourth-order valence-corrected chi connectivity index (χ4v) is 2.84. The number of benzene rings is 2. The normalized spacial score (nSPS) is 11.2. The molecule has 0 bridgehead atoms. The van der Waals surface area contributed by atoms with E-state index < -0.39 is 18.2 Å². The molecule has 6 heteroatoms. The van der Waals surface area contributed by atoms with E-state index in [0.29, 0.717) is 0 Å². The van der Waals surface area contributed by atoms with Crippen molar-refractivity contribution in [2.24, 2.45) is 0 Å². The number of halogens is 5. The number of hydrogen-bond acceptors (Lipinski definition) is 0. The predicted octanol–water partition coefficient (Wildman–Crippen LogP) is 6.65. The summed E-state index contributed by atoms with van der Waals surface area (Å²) in [5.74, 6) is 0. The van der Waals surface area contributed by atoms with Gasteiger partial charge in [0.05, 0.1) is 0 Å². The fourth-order valence-electron chi connectivity index (χ4n) is 2.06. The van der Waals surface area contributed by atoms with Crippen LogP contribution in [0.4, 0.5) is 0 Å². The first-order valence-corrected chi connectivity index (χ1v) is 16.4. The molecule has 0 saturated carbocycles. The van der Waals surface area contributed by atoms with Gasteiger partial charge in [-0.05, 0) is 24.1 Å². The van der Waals surface area contributed by atoms with E-state index >= 15 is 0 Å². The molecule has 0 spiro atoms. The van der Waals surface area contributed by atoms with Crippen molar-refractivity contribution in [1.82, 2.24) is 0 Å². The van der Waals surface area contributed by atoms with Crippen LogP contribution in [0.15, 0.2) is 39.3 Å². The molecule has 0 heterocycles. The van der Waals surface area contributed by atoms with Crippen LogP contribution in [0.3, 0.4) is 0 Å². The number of hydrogen-bond donors (Lipinski definition) is 0. The molecule has 19 heavy (non-hydrogen) atoms. The standard InChI is InChI=1S/C13H7Br2.3ClH.Zr/c14-10-1-3-12-8(6-10)5-9-7-11(15)2-4-13(9)12;;;;/h1-4,6H,5H2;3*1H;/q-1;;;;+3/p-3. The van der Waals surface area contributed by atoms with Crippen molar-refractivity contribution in [2.45, 2.75) is 6.42 Å². The first-order chi connectivity index (χ1) is 8.97. The predicted molar refractivity (Wildman–Crippen MR) is 86.5 cm³/mol. The Bertz CT molecular complexity index is 550. The molecule has 3 rings (SSSR count). The Kier molecular flexibility index (Phi) is 6.46. The van der Waals surface area contributed by atoms with E-state index in [2.05, 4.69) is 68.3 Å². The van der Waals surface area contributed by atoms with Crippen molar-refractivity contribution in [3.8, 4) is 11.1 Å². The van der Waals surface area contributed by atoms with Crippen LogP contribution in [0.1, 0.15) is 11.1 Å². The van der Waals surface area contributed by atoms with E-state index in [-0.39, 0.29) is 0 Å². The van der Waals surface area contributed by atoms with E-state index in [4.69, 9.17) is 25.5 Å². The third-order valence-corrected chi connectivity index (χ3v) is 3.67. The van der Waals surface area contributed by atoms with Gasteiger partial charge in [0.15, 0.2) is 0 Å². The second-order valence-electron chi connectivity index (χ2n) is 3.89. The van der Waals surface area contributed by atoms with E-state index in [1.165, 1.54) is 22.3 Å². The summed E-state index contributed by atoms with van der Waals surface area (Å²) < 4.78 is 2.18. The third kappa shape index (κ3) is 4.56. The van der Waals surface area contributed by atoms with Gasteiger partial charge in [-0.25, -0.2) is 0 Å². The molecule has 0 aromatic heterocycles. The molecule has 0 unspecified atom stereocenters. The van der Waals surface area contributed by atoms with Gasteiger partial charge < -0.3 is 0 Å². The van der Waals surface area contributed by atoms with Crippen LogP contribution in [0.5, 0.6) is 0 Å². The van der Waals surface area contributed by atoms with E-state index in [9.17, 15) is 0 Å².